The Labute approximate surface area is 163 Å². The first-order valence-electron chi connectivity index (χ1n) is 9.09. The van der Waals surface area contributed by atoms with Gasteiger partial charge in [0.1, 0.15) is 11.4 Å². The SMILES string of the molecule is CC1CC=C2C=C(c3ccc(F)c(O)c3)C=CN2N=C1NC(=O)OC(C)(C)C. The van der Waals surface area contributed by atoms with Crippen molar-refractivity contribution in [1.82, 2.24) is 10.3 Å². The van der Waals surface area contributed by atoms with Crippen LogP contribution in [-0.2, 0) is 4.74 Å². The fourth-order valence-electron chi connectivity index (χ4n) is 2.81. The van der Waals surface area contributed by atoms with Crippen molar-refractivity contribution in [2.45, 2.75) is 39.7 Å². The van der Waals surface area contributed by atoms with Crippen LogP contribution in [0.5, 0.6) is 5.75 Å². The normalized spacial score (nSPS) is 19.1. The summed E-state index contributed by atoms with van der Waals surface area (Å²) in [4.78, 5) is 12.1. The molecule has 2 heterocycles. The number of benzene rings is 1. The number of carbonyl (C=O) groups excluding carboxylic acids is 1. The van der Waals surface area contributed by atoms with E-state index in [9.17, 15) is 14.3 Å². The van der Waals surface area contributed by atoms with Crippen molar-refractivity contribution in [2.75, 3.05) is 0 Å². The Morgan fingerprint density at radius 3 is 2.82 bits per heavy atom. The van der Waals surface area contributed by atoms with E-state index >= 15 is 0 Å². The van der Waals surface area contributed by atoms with Crippen LogP contribution in [-0.4, -0.2) is 27.6 Å². The number of hydrogen-bond acceptors (Lipinski definition) is 5. The highest BCUT2D eigenvalue weighted by atomic mass is 19.1. The first-order chi connectivity index (χ1) is 13.1. The van der Waals surface area contributed by atoms with E-state index in [-0.39, 0.29) is 11.7 Å². The van der Waals surface area contributed by atoms with E-state index in [1.165, 1.54) is 12.1 Å². The van der Waals surface area contributed by atoms with Gasteiger partial charge < -0.3 is 9.84 Å². The highest BCUT2D eigenvalue weighted by molar-refractivity contribution is 5.97. The third-order valence-corrected chi connectivity index (χ3v) is 4.23. The van der Waals surface area contributed by atoms with Gasteiger partial charge in [-0.3, -0.25) is 5.32 Å². The fraction of sp³-hybridized carbons (Fsp3) is 0.333. The molecule has 0 spiro atoms. The standard InChI is InChI=1S/C21H24FN3O3/c1-13-5-7-16-11-15(14-6-8-17(22)18(26)12-14)9-10-25(16)24-19(13)23-20(27)28-21(2,3)4/h6-13,26H,5H2,1-4H3,(H,23,24,27). The van der Waals surface area contributed by atoms with E-state index in [0.29, 0.717) is 17.8 Å². The predicted octanol–water partition coefficient (Wildman–Crippen LogP) is 4.51. The van der Waals surface area contributed by atoms with Gasteiger partial charge in [-0.05, 0) is 62.6 Å². The molecule has 0 saturated carbocycles. The maximum Gasteiger partial charge on any atom is 0.413 e. The van der Waals surface area contributed by atoms with Gasteiger partial charge in [0, 0.05) is 12.1 Å². The zero-order valence-electron chi connectivity index (χ0n) is 16.4. The number of phenols is 1. The number of carbonyl (C=O) groups is 1. The number of ether oxygens (including phenoxy) is 1. The molecule has 2 N–H and O–H groups in total. The third-order valence-electron chi connectivity index (χ3n) is 4.23. The number of nitrogens with one attached hydrogen (secondary N) is 1. The Kier molecular flexibility index (Phi) is 5.27. The summed E-state index contributed by atoms with van der Waals surface area (Å²) in [5.41, 5.74) is 1.76. The van der Waals surface area contributed by atoms with Crippen LogP contribution in [0.3, 0.4) is 0 Å². The van der Waals surface area contributed by atoms with Crippen molar-refractivity contribution >= 4 is 17.5 Å². The molecule has 1 amide bonds. The molecule has 0 aliphatic carbocycles. The molecule has 1 unspecified atom stereocenters. The van der Waals surface area contributed by atoms with Crippen LogP contribution in [0.25, 0.3) is 5.57 Å². The third kappa shape index (κ3) is 4.60. The van der Waals surface area contributed by atoms with Crippen LogP contribution >= 0.6 is 0 Å². The van der Waals surface area contributed by atoms with Gasteiger partial charge in [-0.1, -0.05) is 19.1 Å². The highest BCUT2D eigenvalue weighted by Gasteiger charge is 2.23. The first-order valence-corrected chi connectivity index (χ1v) is 9.09. The van der Waals surface area contributed by atoms with Gasteiger partial charge in [0.15, 0.2) is 11.6 Å². The molecule has 0 fully saturated rings. The molecule has 0 aromatic heterocycles. The summed E-state index contributed by atoms with van der Waals surface area (Å²) in [6, 6.07) is 4.23. The number of amides is 1. The second-order valence-electron chi connectivity index (χ2n) is 7.80. The van der Waals surface area contributed by atoms with Crippen molar-refractivity contribution in [1.29, 1.82) is 0 Å². The number of phenolic OH excluding ortho intramolecular Hbond substituents is 1. The van der Waals surface area contributed by atoms with E-state index in [1.54, 1.807) is 38.0 Å². The number of halogens is 1. The van der Waals surface area contributed by atoms with Gasteiger partial charge in [-0.15, -0.1) is 0 Å². The molecule has 0 bridgehead atoms. The molecule has 1 aromatic carbocycles. The van der Waals surface area contributed by atoms with Gasteiger partial charge in [0.05, 0.1) is 5.70 Å². The second-order valence-corrected chi connectivity index (χ2v) is 7.80. The van der Waals surface area contributed by atoms with Gasteiger partial charge >= 0.3 is 6.09 Å². The molecule has 1 atom stereocenters. The monoisotopic (exact) mass is 385 g/mol. The smallest absolute Gasteiger partial charge is 0.413 e. The maximum atomic E-state index is 13.3. The number of amidine groups is 1. The molecule has 148 valence electrons. The molecule has 0 saturated heterocycles. The van der Waals surface area contributed by atoms with Crippen LogP contribution in [0.2, 0.25) is 0 Å². The summed E-state index contributed by atoms with van der Waals surface area (Å²) < 4.78 is 18.6. The number of fused-ring (bicyclic) bond motifs is 1. The summed E-state index contributed by atoms with van der Waals surface area (Å²) in [7, 11) is 0. The Balaban J connectivity index is 1.81. The highest BCUT2D eigenvalue weighted by Crippen LogP contribution is 2.30. The molecule has 6 nitrogen and oxygen atoms in total. The molecular weight excluding hydrogens is 361 g/mol. The lowest BCUT2D eigenvalue weighted by Crippen LogP contribution is -2.39. The van der Waals surface area contributed by atoms with Gasteiger partial charge in [-0.2, -0.15) is 5.10 Å². The van der Waals surface area contributed by atoms with Gasteiger partial charge in [0.25, 0.3) is 0 Å². The van der Waals surface area contributed by atoms with Crippen LogP contribution < -0.4 is 5.32 Å². The van der Waals surface area contributed by atoms with Gasteiger partial charge in [-0.25, -0.2) is 14.2 Å². The minimum absolute atomic E-state index is 0.00858. The fourth-order valence-corrected chi connectivity index (χ4v) is 2.81. The Hall–Kier alpha value is -3.09. The molecule has 3 rings (SSSR count). The molecule has 2 aliphatic heterocycles. The number of aromatic hydroxyl groups is 1. The van der Waals surface area contributed by atoms with E-state index < -0.39 is 17.5 Å². The minimum Gasteiger partial charge on any atom is -0.505 e. The van der Waals surface area contributed by atoms with Gasteiger partial charge in [0.2, 0.25) is 0 Å². The molecule has 7 heteroatoms. The van der Waals surface area contributed by atoms with E-state index in [1.807, 2.05) is 25.2 Å². The molecule has 2 aliphatic rings. The summed E-state index contributed by atoms with van der Waals surface area (Å²) in [6.45, 7) is 7.38. The first kappa shape index (κ1) is 19.7. The lowest BCUT2D eigenvalue weighted by molar-refractivity contribution is 0.0560. The predicted molar refractivity (Wildman–Crippen MR) is 106 cm³/mol. The maximum absolute atomic E-state index is 13.3. The van der Waals surface area contributed by atoms with Crippen LogP contribution in [0.1, 0.15) is 39.7 Å². The summed E-state index contributed by atoms with van der Waals surface area (Å²) >= 11 is 0. The molecular formula is C21H24FN3O3. The number of hydrogen-bond donors (Lipinski definition) is 2. The zero-order chi connectivity index (χ0) is 20.5. The van der Waals surface area contributed by atoms with E-state index in [0.717, 1.165) is 11.3 Å². The second kappa shape index (κ2) is 7.50. The summed E-state index contributed by atoms with van der Waals surface area (Å²) in [6.07, 6.45) is 7.63. The average molecular weight is 385 g/mol. The number of allylic oxidation sites excluding steroid dienone is 4. The number of alkyl carbamates (subject to hydrolysis) is 1. The Morgan fingerprint density at radius 1 is 1.39 bits per heavy atom. The van der Waals surface area contributed by atoms with Crippen molar-refractivity contribution in [3.8, 4) is 5.75 Å². The Bertz CT molecular complexity index is 910. The lowest BCUT2D eigenvalue weighted by atomic mass is 10.0. The Morgan fingerprint density at radius 2 is 2.14 bits per heavy atom. The largest absolute Gasteiger partial charge is 0.505 e. The van der Waals surface area contributed by atoms with Crippen LogP contribution in [0, 0.1) is 11.7 Å². The lowest BCUT2D eigenvalue weighted by Gasteiger charge is -2.23. The number of hydrazone groups is 1. The topological polar surface area (TPSA) is 74.2 Å². The quantitative estimate of drug-likeness (QED) is 0.746. The van der Waals surface area contributed by atoms with Crippen molar-refractivity contribution in [3.05, 3.63) is 59.7 Å². The van der Waals surface area contributed by atoms with E-state index in [4.69, 9.17) is 4.74 Å². The number of rotatable bonds is 1. The van der Waals surface area contributed by atoms with E-state index in [2.05, 4.69) is 10.4 Å². The van der Waals surface area contributed by atoms with Crippen molar-refractivity contribution < 1.29 is 19.0 Å². The summed E-state index contributed by atoms with van der Waals surface area (Å²) in [5.74, 6) is -0.539. The zero-order valence-corrected chi connectivity index (χ0v) is 16.4. The summed E-state index contributed by atoms with van der Waals surface area (Å²) in [5, 5.41) is 18.6. The average Bonchev–Trinajstić information content (AvgIpc) is 2.75. The molecule has 0 radical (unpaired) electrons. The van der Waals surface area contributed by atoms with Crippen LogP contribution in [0.15, 0.2) is 53.4 Å². The molecule has 28 heavy (non-hydrogen) atoms. The van der Waals surface area contributed by atoms with Crippen molar-refractivity contribution in [3.63, 3.8) is 0 Å². The minimum atomic E-state index is -0.657. The molecule has 1 aromatic rings. The van der Waals surface area contributed by atoms with Crippen molar-refractivity contribution in [2.24, 2.45) is 11.0 Å². The number of nitrogens with zero attached hydrogens (tertiary/aromatic N) is 2. The van der Waals surface area contributed by atoms with Crippen LogP contribution in [0.4, 0.5) is 9.18 Å².